The lowest BCUT2D eigenvalue weighted by Gasteiger charge is -2.15. The van der Waals surface area contributed by atoms with Crippen molar-refractivity contribution in [3.05, 3.63) is 34.3 Å². The van der Waals surface area contributed by atoms with E-state index in [-0.39, 0.29) is 23.8 Å². The van der Waals surface area contributed by atoms with Crippen LogP contribution in [0.4, 0.5) is 0 Å². The first-order valence-corrected chi connectivity index (χ1v) is 7.28. The highest BCUT2D eigenvalue weighted by Gasteiger charge is 2.16. The van der Waals surface area contributed by atoms with Crippen molar-refractivity contribution in [2.75, 3.05) is 13.1 Å². The number of halogens is 1. The fourth-order valence-corrected chi connectivity index (χ4v) is 1.89. The van der Waals surface area contributed by atoms with Crippen LogP contribution in [0.2, 0.25) is 0 Å². The molecule has 0 aliphatic rings. The molecule has 0 aliphatic heterocycles. The van der Waals surface area contributed by atoms with Gasteiger partial charge in [0.25, 0.3) is 5.91 Å². The molecule has 0 aliphatic carbocycles. The smallest absolute Gasteiger partial charge is 0.251 e. The fraction of sp³-hybridized carbons (Fsp3) is 0.429. The summed E-state index contributed by atoms with van der Waals surface area (Å²) in [6.07, 6.45) is 0. The normalized spacial score (nSPS) is 13.4. The zero-order valence-electron chi connectivity index (χ0n) is 11.7. The van der Waals surface area contributed by atoms with E-state index in [1.165, 1.54) is 0 Å². The first kappa shape index (κ1) is 16.7. The Hall–Kier alpha value is -1.40. The Morgan fingerprint density at radius 3 is 2.50 bits per heavy atom. The number of amides is 2. The van der Waals surface area contributed by atoms with Gasteiger partial charge >= 0.3 is 0 Å². The van der Waals surface area contributed by atoms with Crippen molar-refractivity contribution in [2.45, 2.75) is 19.9 Å². The molecule has 2 atom stereocenters. The van der Waals surface area contributed by atoms with Gasteiger partial charge in [-0.15, -0.1) is 0 Å². The summed E-state index contributed by atoms with van der Waals surface area (Å²) in [6.45, 7) is 4.33. The van der Waals surface area contributed by atoms with Crippen LogP contribution in [-0.2, 0) is 4.79 Å². The Kier molecular flexibility index (Phi) is 6.67. The van der Waals surface area contributed by atoms with Gasteiger partial charge in [-0.2, -0.15) is 0 Å². The maximum absolute atomic E-state index is 11.8. The average Bonchev–Trinajstić information content (AvgIpc) is 2.42. The van der Waals surface area contributed by atoms with E-state index >= 15 is 0 Å². The second-order valence-electron chi connectivity index (χ2n) is 4.71. The van der Waals surface area contributed by atoms with Crippen LogP contribution in [0.1, 0.15) is 24.2 Å². The van der Waals surface area contributed by atoms with E-state index in [9.17, 15) is 9.59 Å². The number of carbonyl (C=O) groups excluding carboxylic acids is 2. The van der Waals surface area contributed by atoms with Crippen LogP contribution >= 0.6 is 15.9 Å². The zero-order chi connectivity index (χ0) is 15.1. The molecule has 0 fully saturated rings. The van der Waals surface area contributed by atoms with Crippen LogP contribution in [0.15, 0.2) is 28.7 Å². The minimum Gasteiger partial charge on any atom is -0.354 e. The molecular weight excluding hydrogens is 322 g/mol. The minimum atomic E-state index is -0.240. The van der Waals surface area contributed by atoms with Gasteiger partial charge in [-0.05, 0) is 25.1 Å². The molecule has 0 spiro atoms. The fourth-order valence-electron chi connectivity index (χ4n) is 1.49. The lowest BCUT2D eigenvalue weighted by atomic mass is 10.0. The van der Waals surface area contributed by atoms with Gasteiger partial charge in [0, 0.05) is 35.1 Å². The van der Waals surface area contributed by atoms with Crippen LogP contribution in [-0.4, -0.2) is 30.9 Å². The minimum absolute atomic E-state index is 0.100. The molecule has 2 amide bonds. The van der Waals surface area contributed by atoms with Crippen LogP contribution in [0, 0.1) is 5.92 Å². The van der Waals surface area contributed by atoms with E-state index < -0.39 is 0 Å². The molecular formula is C14H20BrN3O2. The summed E-state index contributed by atoms with van der Waals surface area (Å²) in [5.41, 5.74) is 6.22. The highest BCUT2D eigenvalue weighted by molar-refractivity contribution is 9.10. The molecule has 0 heterocycles. The van der Waals surface area contributed by atoms with Crippen molar-refractivity contribution in [1.82, 2.24) is 10.6 Å². The molecule has 1 aromatic carbocycles. The molecule has 0 bridgehead atoms. The summed E-state index contributed by atoms with van der Waals surface area (Å²) < 4.78 is 0.851. The molecule has 110 valence electrons. The molecule has 6 heteroatoms. The SMILES string of the molecule is CC(N)C(C)C(=O)NCCNC(=O)c1cccc(Br)c1. The summed E-state index contributed by atoms with van der Waals surface area (Å²) in [4.78, 5) is 23.5. The van der Waals surface area contributed by atoms with Crippen molar-refractivity contribution in [1.29, 1.82) is 0 Å². The van der Waals surface area contributed by atoms with Gasteiger partial charge in [-0.3, -0.25) is 9.59 Å². The first-order chi connectivity index (χ1) is 9.41. The number of nitrogens with two attached hydrogens (primary N) is 1. The molecule has 0 radical (unpaired) electrons. The van der Waals surface area contributed by atoms with E-state index in [2.05, 4.69) is 26.6 Å². The van der Waals surface area contributed by atoms with Crippen molar-refractivity contribution < 1.29 is 9.59 Å². The number of hydrogen-bond acceptors (Lipinski definition) is 3. The molecule has 0 aromatic heterocycles. The highest BCUT2D eigenvalue weighted by atomic mass is 79.9. The third-order valence-electron chi connectivity index (χ3n) is 3.00. The van der Waals surface area contributed by atoms with Gasteiger partial charge in [-0.1, -0.05) is 28.9 Å². The van der Waals surface area contributed by atoms with Gasteiger partial charge in [0.2, 0.25) is 5.91 Å². The van der Waals surface area contributed by atoms with Gasteiger partial charge in [-0.25, -0.2) is 0 Å². The molecule has 4 N–H and O–H groups in total. The van der Waals surface area contributed by atoms with Gasteiger partial charge in [0.05, 0.1) is 0 Å². The maximum atomic E-state index is 11.8. The predicted octanol–water partition coefficient (Wildman–Crippen LogP) is 1.28. The summed E-state index contributed by atoms with van der Waals surface area (Å²) in [5.74, 6) is -0.506. The van der Waals surface area contributed by atoms with E-state index in [0.29, 0.717) is 18.7 Å². The Morgan fingerprint density at radius 2 is 1.90 bits per heavy atom. The van der Waals surface area contributed by atoms with E-state index in [1.54, 1.807) is 32.0 Å². The van der Waals surface area contributed by atoms with Crippen molar-refractivity contribution >= 4 is 27.7 Å². The van der Waals surface area contributed by atoms with E-state index in [0.717, 1.165) is 4.47 Å². The second kappa shape index (κ2) is 8.01. The number of nitrogens with one attached hydrogen (secondary N) is 2. The van der Waals surface area contributed by atoms with Crippen molar-refractivity contribution in [3.63, 3.8) is 0 Å². The Morgan fingerprint density at radius 1 is 1.25 bits per heavy atom. The Labute approximate surface area is 127 Å². The van der Waals surface area contributed by atoms with Crippen LogP contribution in [0.5, 0.6) is 0 Å². The van der Waals surface area contributed by atoms with Crippen LogP contribution < -0.4 is 16.4 Å². The largest absolute Gasteiger partial charge is 0.354 e. The lowest BCUT2D eigenvalue weighted by molar-refractivity contribution is -0.124. The summed E-state index contributed by atoms with van der Waals surface area (Å²) in [7, 11) is 0. The average molecular weight is 342 g/mol. The molecule has 1 aromatic rings. The maximum Gasteiger partial charge on any atom is 0.251 e. The van der Waals surface area contributed by atoms with Crippen LogP contribution in [0.25, 0.3) is 0 Å². The number of rotatable bonds is 6. The van der Waals surface area contributed by atoms with E-state index in [4.69, 9.17) is 5.73 Å². The summed E-state index contributed by atoms with van der Waals surface area (Å²) in [6, 6.07) is 6.94. The molecule has 5 nitrogen and oxygen atoms in total. The number of hydrogen-bond donors (Lipinski definition) is 3. The summed E-state index contributed by atoms with van der Waals surface area (Å²) in [5, 5.41) is 5.48. The van der Waals surface area contributed by atoms with Gasteiger partial charge in [0.1, 0.15) is 0 Å². The lowest BCUT2D eigenvalue weighted by Crippen LogP contribution is -2.41. The van der Waals surface area contributed by atoms with Gasteiger partial charge < -0.3 is 16.4 Å². The zero-order valence-corrected chi connectivity index (χ0v) is 13.2. The number of carbonyl (C=O) groups is 2. The van der Waals surface area contributed by atoms with Crippen molar-refractivity contribution in [3.8, 4) is 0 Å². The highest BCUT2D eigenvalue weighted by Crippen LogP contribution is 2.11. The standard InChI is InChI=1S/C14H20BrN3O2/c1-9(10(2)16)13(19)17-6-7-18-14(20)11-4-3-5-12(15)8-11/h3-5,8-10H,6-7,16H2,1-2H3,(H,17,19)(H,18,20). The Bertz CT molecular complexity index is 477. The monoisotopic (exact) mass is 341 g/mol. The molecule has 1 rings (SSSR count). The molecule has 2 unspecified atom stereocenters. The second-order valence-corrected chi connectivity index (χ2v) is 5.62. The van der Waals surface area contributed by atoms with Crippen LogP contribution in [0.3, 0.4) is 0 Å². The van der Waals surface area contributed by atoms with Crippen molar-refractivity contribution in [2.24, 2.45) is 11.7 Å². The van der Waals surface area contributed by atoms with E-state index in [1.807, 2.05) is 6.07 Å². The summed E-state index contributed by atoms with van der Waals surface area (Å²) >= 11 is 3.31. The quantitative estimate of drug-likeness (QED) is 0.681. The third kappa shape index (κ3) is 5.30. The molecule has 20 heavy (non-hydrogen) atoms. The number of benzene rings is 1. The molecule has 0 saturated carbocycles. The third-order valence-corrected chi connectivity index (χ3v) is 3.49. The first-order valence-electron chi connectivity index (χ1n) is 6.49. The topological polar surface area (TPSA) is 84.2 Å². The van der Waals surface area contributed by atoms with Gasteiger partial charge in [0.15, 0.2) is 0 Å². The Balaban J connectivity index is 2.31. The molecule has 0 saturated heterocycles. The predicted molar refractivity (Wildman–Crippen MR) is 82.3 cm³/mol.